The number of halogens is 1. The Kier molecular flexibility index (Phi) is 13.7. The van der Waals surface area contributed by atoms with Gasteiger partial charge in [-0.3, -0.25) is 9.59 Å². The Morgan fingerprint density at radius 3 is 2.49 bits per heavy atom. The van der Waals surface area contributed by atoms with Crippen LogP contribution in [0.15, 0.2) is 48.2 Å². The van der Waals surface area contributed by atoms with Crippen molar-refractivity contribution in [1.82, 2.24) is 4.98 Å². The van der Waals surface area contributed by atoms with Crippen molar-refractivity contribution in [2.24, 2.45) is 17.3 Å². The molecule has 1 heterocycles. The number of nitrogens with one attached hydrogen (secondary N) is 1. The third-order valence-corrected chi connectivity index (χ3v) is 7.35. The summed E-state index contributed by atoms with van der Waals surface area (Å²) in [5.41, 5.74) is 4.73. The summed E-state index contributed by atoms with van der Waals surface area (Å²) < 4.78 is 6.10. The van der Waals surface area contributed by atoms with Crippen molar-refractivity contribution < 1.29 is 20.1 Å². The average Bonchev–Trinajstić information content (AvgIpc) is 3.19. The number of hydrogen-bond donors (Lipinski definition) is 2. The number of terminal acetylenes is 1. The van der Waals surface area contributed by atoms with Crippen LogP contribution in [0.4, 0.5) is 5.82 Å². The number of aromatic nitrogens is 1. The first kappa shape index (κ1) is 30.8. The molecule has 4 N–H and O–H groups in total. The summed E-state index contributed by atoms with van der Waals surface area (Å²) in [6.45, 7) is 2.30. The van der Waals surface area contributed by atoms with Crippen LogP contribution in [0, 0.1) is 29.6 Å². The number of ether oxygens (including phenoxy) is 1. The Morgan fingerprint density at radius 1 is 1.22 bits per heavy atom. The Hall–Kier alpha value is -2.43. The second kappa shape index (κ2) is 16.4. The summed E-state index contributed by atoms with van der Waals surface area (Å²) in [5.74, 6) is 5.71. The van der Waals surface area contributed by atoms with Crippen molar-refractivity contribution >= 4 is 33.6 Å². The number of rotatable bonds is 6. The largest absolute Gasteiger partial charge is 0.461 e. The lowest BCUT2D eigenvalue weighted by molar-refractivity contribution is -0.372. The number of esters is 1. The van der Waals surface area contributed by atoms with Crippen LogP contribution >= 0.6 is 15.9 Å². The number of nitrogens with zero attached hydrogens (tertiary/aromatic N) is 1. The third kappa shape index (κ3) is 8.83. The van der Waals surface area contributed by atoms with Gasteiger partial charge in [-0.05, 0) is 55.6 Å². The normalized spacial score (nSPS) is 23.6. The Bertz CT molecular complexity index is 947. The first-order valence-electron chi connectivity index (χ1n) is 13.4. The molecule has 3 aliphatic carbocycles. The van der Waals surface area contributed by atoms with E-state index >= 15 is 0 Å². The Balaban J connectivity index is 0.000000336. The molecule has 0 aromatic carbocycles. The van der Waals surface area contributed by atoms with E-state index in [0.29, 0.717) is 11.7 Å². The molecule has 7 heteroatoms. The van der Waals surface area contributed by atoms with E-state index in [1.54, 1.807) is 18.3 Å². The van der Waals surface area contributed by atoms with Crippen LogP contribution in [-0.4, -0.2) is 35.3 Å². The summed E-state index contributed by atoms with van der Waals surface area (Å²) >= 11 is 2.94. The van der Waals surface area contributed by atoms with E-state index in [9.17, 15) is 9.59 Å². The Morgan fingerprint density at radius 2 is 1.95 bits per heavy atom. The van der Waals surface area contributed by atoms with Crippen LogP contribution in [-0.2, 0) is 14.3 Å². The lowest BCUT2D eigenvalue weighted by atomic mass is 9.68. The molecule has 1 amide bonds. The minimum atomic E-state index is -0.427. The monoisotopic (exact) mass is 572 g/mol. The lowest BCUT2D eigenvalue weighted by Crippen LogP contribution is -2.55. The minimum Gasteiger partial charge on any atom is -0.461 e. The molecule has 2 fully saturated rings. The molecule has 202 valence electrons. The van der Waals surface area contributed by atoms with Crippen LogP contribution in [0.5, 0.6) is 0 Å². The highest BCUT2D eigenvalue weighted by molar-refractivity contribution is 9.08. The second-order valence-corrected chi connectivity index (χ2v) is 9.79. The topological polar surface area (TPSA) is 95.9 Å². The summed E-state index contributed by atoms with van der Waals surface area (Å²) in [4.78, 5) is 27.7. The van der Waals surface area contributed by atoms with E-state index in [4.69, 9.17) is 11.2 Å². The fourth-order valence-corrected chi connectivity index (χ4v) is 5.39. The van der Waals surface area contributed by atoms with Gasteiger partial charge in [-0.2, -0.15) is 0 Å². The molecule has 37 heavy (non-hydrogen) atoms. The van der Waals surface area contributed by atoms with Gasteiger partial charge in [0.1, 0.15) is 11.9 Å². The smallest absolute Gasteiger partial charge is 0.316 e. The molecule has 1 aromatic heterocycles. The number of anilines is 1. The van der Waals surface area contributed by atoms with Gasteiger partial charge in [-0.25, -0.2) is 4.98 Å². The summed E-state index contributed by atoms with van der Waals surface area (Å²) in [6.07, 6.45) is 24.3. The molecule has 3 atom stereocenters. The van der Waals surface area contributed by atoms with E-state index in [-0.39, 0.29) is 23.9 Å². The highest BCUT2D eigenvalue weighted by atomic mass is 79.9. The average molecular weight is 574 g/mol. The number of alkyl halides is 1. The number of hydrogen-bond acceptors (Lipinski definition) is 4. The molecule has 0 spiro atoms. The van der Waals surface area contributed by atoms with Gasteiger partial charge in [0.15, 0.2) is 0 Å². The van der Waals surface area contributed by atoms with Gasteiger partial charge in [0.05, 0.1) is 12.0 Å². The lowest BCUT2D eigenvalue weighted by Gasteiger charge is -2.43. The quantitative estimate of drug-likeness (QED) is 0.204. The number of allylic oxidation sites excluding steroid dienone is 3. The van der Waals surface area contributed by atoms with Crippen molar-refractivity contribution in [2.45, 2.75) is 77.2 Å². The number of carbonyl (C=O) groups excluding carboxylic acids is 2. The molecular formula is C30H43BrN3O3+. The summed E-state index contributed by atoms with van der Waals surface area (Å²) in [6, 6.07) is 5.35. The van der Waals surface area contributed by atoms with Crippen molar-refractivity contribution in [3.63, 3.8) is 0 Å². The van der Waals surface area contributed by atoms with Crippen molar-refractivity contribution in [2.75, 3.05) is 17.7 Å². The van der Waals surface area contributed by atoms with E-state index in [2.05, 4.69) is 56.1 Å². The maximum absolute atomic E-state index is 13.4. The van der Waals surface area contributed by atoms with Crippen LogP contribution < -0.4 is 11.1 Å². The molecule has 0 aliphatic heterocycles. The van der Waals surface area contributed by atoms with Gasteiger partial charge < -0.3 is 15.8 Å². The summed E-state index contributed by atoms with van der Waals surface area (Å²) in [5, 5.41) is 2.55. The molecule has 1 aromatic rings. The minimum absolute atomic E-state index is 0.00161. The first-order chi connectivity index (χ1) is 18.0. The predicted octanol–water partition coefficient (Wildman–Crippen LogP) is 5.47. The van der Waals surface area contributed by atoms with Crippen molar-refractivity contribution in [1.29, 1.82) is 0 Å². The molecule has 6 nitrogen and oxygen atoms in total. The van der Waals surface area contributed by atoms with E-state index in [1.165, 1.54) is 25.3 Å². The zero-order valence-electron chi connectivity index (χ0n) is 22.4. The van der Waals surface area contributed by atoms with E-state index in [0.717, 1.165) is 57.9 Å². The number of quaternary nitrogens is 1. The van der Waals surface area contributed by atoms with Gasteiger partial charge in [0.2, 0.25) is 5.91 Å². The number of carbonyl (C=O) groups is 2. The molecular weight excluding hydrogens is 530 g/mol. The first-order valence-corrected chi connectivity index (χ1v) is 15.0. The molecule has 3 unspecified atom stereocenters. The number of pyridine rings is 1. The molecule has 0 saturated heterocycles. The standard InChI is InChI=1S/C22H31NO2.C7H8N2O.CH3Br/c1-2-17-16-20(19(17)12-15-23)25-21(24)22(13-8-3-4-9-14-22)18-10-6-5-7-11-18;1-6(10)9-7-4-2-3-5-8-7;1-2/h1,6,10-11,17,19-20H,3-5,7-9,12-16,23H2;2-5H,1H3,(H,8,9,10);1H3/p+1. The summed E-state index contributed by atoms with van der Waals surface area (Å²) in [7, 11) is 0. The molecule has 3 aliphatic rings. The van der Waals surface area contributed by atoms with E-state index < -0.39 is 5.41 Å². The molecule has 4 rings (SSSR count). The number of amides is 1. The maximum Gasteiger partial charge on any atom is 0.316 e. The van der Waals surface area contributed by atoms with E-state index in [1.807, 2.05) is 11.9 Å². The van der Waals surface area contributed by atoms with Crippen LogP contribution in [0.25, 0.3) is 0 Å². The highest BCUT2D eigenvalue weighted by Crippen LogP contribution is 2.46. The van der Waals surface area contributed by atoms with Crippen molar-refractivity contribution in [3.8, 4) is 12.3 Å². The van der Waals surface area contributed by atoms with Gasteiger partial charge in [0, 0.05) is 31.4 Å². The van der Waals surface area contributed by atoms with Gasteiger partial charge in [-0.15, -0.1) is 12.3 Å². The predicted molar refractivity (Wildman–Crippen MR) is 153 cm³/mol. The van der Waals surface area contributed by atoms with Crippen LogP contribution in [0.1, 0.15) is 71.1 Å². The zero-order chi connectivity index (χ0) is 27.1. The Labute approximate surface area is 231 Å². The highest BCUT2D eigenvalue weighted by Gasteiger charge is 2.48. The zero-order valence-corrected chi connectivity index (χ0v) is 24.0. The fraction of sp³-hybridized carbons (Fsp3) is 0.567. The van der Waals surface area contributed by atoms with Gasteiger partial charge >= 0.3 is 5.97 Å². The maximum atomic E-state index is 13.4. The van der Waals surface area contributed by atoms with Gasteiger partial charge in [0.25, 0.3) is 0 Å². The second-order valence-electron chi connectivity index (χ2n) is 9.79. The third-order valence-electron chi connectivity index (χ3n) is 7.35. The van der Waals surface area contributed by atoms with Gasteiger partial charge in [-0.1, -0.05) is 65.9 Å². The SMILES string of the molecule is C#CC1CC(OC(=O)C2(C3=CCCC=C3)CCCCCC2)C1CC[NH3+].CBr.CC(=O)Nc1ccccn1. The molecule has 0 radical (unpaired) electrons. The molecule has 2 saturated carbocycles. The van der Waals surface area contributed by atoms with Crippen LogP contribution in [0.2, 0.25) is 0 Å². The fourth-order valence-electron chi connectivity index (χ4n) is 5.39. The van der Waals surface area contributed by atoms with Crippen molar-refractivity contribution in [3.05, 3.63) is 48.2 Å². The van der Waals surface area contributed by atoms with Crippen LogP contribution in [0.3, 0.4) is 0 Å². The molecule has 0 bridgehead atoms.